The Hall–Kier alpha value is -0.560. The molecule has 1 rings (SSSR count). The van der Waals surface area contributed by atoms with Crippen molar-refractivity contribution in [2.75, 3.05) is 5.75 Å². The summed E-state index contributed by atoms with van der Waals surface area (Å²) in [4.78, 5) is 0. The second-order valence-corrected chi connectivity index (χ2v) is 9.32. The Kier molecular flexibility index (Phi) is 5.43. The summed E-state index contributed by atoms with van der Waals surface area (Å²) in [5, 5.41) is 9.12. The van der Waals surface area contributed by atoms with Crippen molar-refractivity contribution in [3.63, 3.8) is 0 Å². The lowest BCUT2D eigenvalue weighted by Gasteiger charge is -2.36. The maximum absolute atomic E-state index is 11.9. The molecule has 19 heavy (non-hydrogen) atoms. The predicted octanol–water partition coefficient (Wildman–Crippen LogP) is 3.56. The van der Waals surface area contributed by atoms with Crippen LogP contribution in [0.4, 0.5) is 0 Å². The molecule has 0 amide bonds. The van der Waals surface area contributed by atoms with E-state index in [2.05, 4.69) is 19.9 Å². The van der Waals surface area contributed by atoms with Gasteiger partial charge in [0.2, 0.25) is 0 Å². The highest BCUT2D eigenvalue weighted by molar-refractivity contribution is 7.91. The number of hydrogen-bond acceptors (Lipinski definition) is 3. The average molecular weight is 285 g/mol. The third kappa shape index (κ3) is 4.21. The van der Waals surface area contributed by atoms with Crippen molar-refractivity contribution >= 4 is 9.84 Å². The first kappa shape index (κ1) is 16.5. The molecule has 0 saturated heterocycles. The van der Waals surface area contributed by atoms with Crippen molar-refractivity contribution < 1.29 is 8.42 Å². The Labute approximate surface area is 118 Å². The Morgan fingerprint density at radius 1 is 1.21 bits per heavy atom. The van der Waals surface area contributed by atoms with Crippen LogP contribution < -0.4 is 0 Å². The molecule has 0 spiro atoms. The van der Waals surface area contributed by atoms with Gasteiger partial charge in [-0.2, -0.15) is 5.26 Å². The molecule has 0 unspecified atom stereocenters. The minimum Gasteiger partial charge on any atom is -0.229 e. The highest BCUT2D eigenvalue weighted by Crippen LogP contribution is 2.43. The zero-order valence-electron chi connectivity index (χ0n) is 12.6. The van der Waals surface area contributed by atoms with Gasteiger partial charge in [-0.1, -0.05) is 13.8 Å². The van der Waals surface area contributed by atoms with E-state index in [-0.39, 0.29) is 11.0 Å². The molecule has 0 aromatic carbocycles. The van der Waals surface area contributed by atoms with E-state index in [9.17, 15) is 13.7 Å². The number of sulfone groups is 1. The molecule has 0 radical (unpaired) electrons. The van der Waals surface area contributed by atoms with Crippen molar-refractivity contribution in [2.45, 2.75) is 65.0 Å². The van der Waals surface area contributed by atoms with E-state index in [0.717, 1.165) is 25.7 Å². The predicted molar refractivity (Wildman–Crippen MR) is 78.4 cm³/mol. The van der Waals surface area contributed by atoms with Crippen LogP contribution in [-0.4, -0.2) is 19.4 Å². The third-order valence-corrected chi connectivity index (χ3v) is 6.96. The largest absolute Gasteiger partial charge is 0.229 e. The van der Waals surface area contributed by atoms with E-state index < -0.39 is 15.3 Å². The van der Waals surface area contributed by atoms with E-state index in [1.54, 1.807) is 13.8 Å². The fraction of sp³-hybridized carbons (Fsp3) is 0.933. The molecular weight excluding hydrogens is 258 g/mol. The van der Waals surface area contributed by atoms with Crippen LogP contribution in [0.5, 0.6) is 0 Å². The van der Waals surface area contributed by atoms with Crippen LogP contribution in [0, 0.1) is 28.6 Å². The molecule has 0 aromatic rings. The van der Waals surface area contributed by atoms with E-state index in [4.69, 9.17) is 0 Å². The van der Waals surface area contributed by atoms with Gasteiger partial charge in [-0.05, 0) is 57.8 Å². The molecule has 0 heterocycles. The lowest BCUT2D eigenvalue weighted by Crippen LogP contribution is -2.31. The Balaban J connectivity index is 2.63. The lowest BCUT2D eigenvalue weighted by atomic mass is 9.67. The van der Waals surface area contributed by atoms with E-state index in [0.29, 0.717) is 18.3 Å². The summed E-state index contributed by atoms with van der Waals surface area (Å²) in [6.45, 7) is 7.88. The molecule has 3 nitrogen and oxygen atoms in total. The highest BCUT2D eigenvalue weighted by atomic mass is 32.2. The fourth-order valence-corrected chi connectivity index (χ4v) is 4.00. The molecule has 1 fully saturated rings. The molecular formula is C15H27NO2S. The summed E-state index contributed by atoms with van der Waals surface area (Å²) in [5.41, 5.74) is -0.395. The van der Waals surface area contributed by atoms with Crippen LogP contribution in [0.25, 0.3) is 0 Å². The summed E-state index contributed by atoms with van der Waals surface area (Å²) in [5.74, 6) is 1.52. The highest BCUT2D eigenvalue weighted by Gasteiger charge is 2.37. The summed E-state index contributed by atoms with van der Waals surface area (Å²) in [6, 6.07) is 2.42. The molecule has 0 bridgehead atoms. The van der Waals surface area contributed by atoms with Gasteiger partial charge in [0.1, 0.15) is 0 Å². The zero-order valence-corrected chi connectivity index (χ0v) is 13.5. The molecule has 0 atom stereocenters. The first-order chi connectivity index (χ1) is 8.72. The summed E-state index contributed by atoms with van der Waals surface area (Å²) < 4.78 is 23.8. The van der Waals surface area contributed by atoms with Gasteiger partial charge >= 0.3 is 0 Å². The SMILES string of the molecule is CC(C)C1CCC(C#N)(CCS(=O)(=O)C(C)C)CC1. The van der Waals surface area contributed by atoms with Crippen LogP contribution in [0.15, 0.2) is 0 Å². The van der Waals surface area contributed by atoms with E-state index in [1.807, 2.05) is 0 Å². The topological polar surface area (TPSA) is 57.9 Å². The van der Waals surface area contributed by atoms with Gasteiger partial charge in [-0.15, -0.1) is 0 Å². The normalized spacial score (nSPS) is 28.6. The van der Waals surface area contributed by atoms with Gasteiger partial charge in [0.25, 0.3) is 0 Å². The minimum absolute atomic E-state index is 0.157. The van der Waals surface area contributed by atoms with Gasteiger partial charge in [0.15, 0.2) is 9.84 Å². The van der Waals surface area contributed by atoms with Crippen LogP contribution in [-0.2, 0) is 9.84 Å². The van der Waals surface area contributed by atoms with Crippen molar-refractivity contribution in [1.82, 2.24) is 0 Å². The van der Waals surface area contributed by atoms with Crippen molar-refractivity contribution in [3.05, 3.63) is 0 Å². The van der Waals surface area contributed by atoms with Gasteiger partial charge < -0.3 is 0 Å². The number of nitriles is 1. The third-order valence-electron chi connectivity index (χ3n) is 4.75. The maximum atomic E-state index is 11.9. The molecule has 1 saturated carbocycles. The number of nitrogens with zero attached hydrogens (tertiary/aromatic N) is 1. The molecule has 1 aliphatic rings. The summed E-state index contributed by atoms with van der Waals surface area (Å²) >= 11 is 0. The Morgan fingerprint density at radius 2 is 1.74 bits per heavy atom. The quantitative estimate of drug-likeness (QED) is 0.776. The fourth-order valence-electron chi connectivity index (χ4n) is 2.85. The first-order valence-corrected chi connectivity index (χ1v) is 9.07. The van der Waals surface area contributed by atoms with Crippen LogP contribution in [0.1, 0.15) is 59.8 Å². The van der Waals surface area contributed by atoms with Gasteiger partial charge in [-0.25, -0.2) is 8.42 Å². The molecule has 0 aromatic heterocycles. The molecule has 110 valence electrons. The first-order valence-electron chi connectivity index (χ1n) is 7.35. The van der Waals surface area contributed by atoms with Gasteiger partial charge in [0, 0.05) is 0 Å². The van der Waals surface area contributed by atoms with Crippen LogP contribution >= 0.6 is 0 Å². The minimum atomic E-state index is -3.03. The van der Waals surface area contributed by atoms with Gasteiger partial charge in [-0.3, -0.25) is 0 Å². The summed E-state index contributed by atoms with van der Waals surface area (Å²) in [6.07, 6.45) is 4.36. The molecule has 0 aliphatic heterocycles. The number of rotatable bonds is 5. The Bertz CT molecular complexity index is 424. The van der Waals surface area contributed by atoms with E-state index in [1.165, 1.54) is 0 Å². The lowest BCUT2D eigenvalue weighted by molar-refractivity contribution is 0.171. The summed E-state index contributed by atoms with van der Waals surface area (Å²) in [7, 11) is -3.03. The second kappa shape index (κ2) is 6.26. The van der Waals surface area contributed by atoms with Crippen molar-refractivity contribution in [3.8, 4) is 6.07 Å². The van der Waals surface area contributed by atoms with Crippen LogP contribution in [0.2, 0.25) is 0 Å². The second-order valence-electron chi connectivity index (χ2n) is 6.64. The van der Waals surface area contributed by atoms with Crippen molar-refractivity contribution in [1.29, 1.82) is 5.26 Å². The smallest absolute Gasteiger partial charge is 0.152 e. The molecule has 0 N–H and O–H groups in total. The molecule has 4 heteroatoms. The maximum Gasteiger partial charge on any atom is 0.152 e. The molecule has 1 aliphatic carbocycles. The Morgan fingerprint density at radius 3 is 2.11 bits per heavy atom. The van der Waals surface area contributed by atoms with Crippen LogP contribution in [0.3, 0.4) is 0 Å². The van der Waals surface area contributed by atoms with Gasteiger partial charge in [0.05, 0.1) is 22.5 Å². The van der Waals surface area contributed by atoms with E-state index >= 15 is 0 Å². The monoisotopic (exact) mass is 285 g/mol. The zero-order chi connectivity index (χ0) is 14.7. The number of hydrogen-bond donors (Lipinski definition) is 0. The van der Waals surface area contributed by atoms with Crippen molar-refractivity contribution in [2.24, 2.45) is 17.3 Å². The standard InChI is InChI=1S/C15H27NO2S/c1-12(2)14-5-7-15(11-16,8-6-14)9-10-19(17,18)13(3)4/h12-14H,5-10H2,1-4H3. The average Bonchev–Trinajstić information content (AvgIpc) is 2.36.